The molecule has 0 bridgehead atoms. The third-order valence-electron chi connectivity index (χ3n) is 3.89. The fourth-order valence-corrected chi connectivity index (χ4v) is 2.66. The Morgan fingerprint density at radius 2 is 1.86 bits per heavy atom. The van der Waals surface area contributed by atoms with Crippen LogP contribution in [-0.2, 0) is 4.74 Å². The smallest absolute Gasteiger partial charge is 0.407 e. The van der Waals surface area contributed by atoms with Gasteiger partial charge in [-0.15, -0.1) is 0 Å². The maximum atomic E-state index is 11.4. The van der Waals surface area contributed by atoms with Crippen molar-refractivity contribution in [3.63, 3.8) is 0 Å². The summed E-state index contributed by atoms with van der Waals surface area (Å²) in [4.78, 5) is 11.4. The van der Waals surface area contributed by atoms with E-state index < -0.39 is 5.60 Å². The fourth-order valence-electron chi connectivity index (χ4n) is 2.66. The highest BCUT2D eigenvalue weighted by molar-refractivity contribution is 5.67. The Hall–Kier alpha value is -1.03. The summed E-state index contributed by atoms with van der Waals surface area (Å²) in [6.07, 6.45) is 7.62. The molecule has 1 aliphatic carbocycles. The lowest BCUT2D eigenvalue weighted by Gasteiger charge is -2.33. The second-order valence-corrected chi connectivity index (χ2v) is 7.26. The van der Waals surface area contributed by atoms with Gasteiger partial charge in [0.1, 0.15) is 5.60 Å². The summed E-state index contributed by atoms with van der Waals surface area (Å²) in [6.45, 7) is 11.6. The third-order valence-corrected chi connectivity index (χ3v) is 3.89. The molecule has 1 rings (SSSR count). The first-order valence-corrected chi connectivity index (χ1v) is 8.13. The normalized spacial score (nSPS) is 26.8. The molecule has 1 amide bonds. The molecule has 1 aliphatic rings. The topological polar surface area (TPSA) is 50.4 Å². The van der Waals surface area contributed by atoms with E-state index in [-0.39, 0.29) is 6.09 Å². The van der Waals surface area contributed by atoms with Gasteiger partial charge in [-0.3, -0.25) is 0 Å². The molecule has 0 aliphatic heterocycles. The molecule has 0 heterocycles. The average Bonchev–Trinajstić information content (AvgIpc) is 2.35. The quantitative estimate of drug-likeness (QED) is 0.764. The summed E-state index contributed by atoms with van der Waals surface area (Å²) < 4.78 is 5.17. The van der Waals surface area contributed by atoms with Gasteiger partial charge in [-0.05, 0) is 45.4 Å². The van der Waals surface area contributed by atoms with Gasteiger partial charge in [0.05, 0.1) is 0 Å². The molecule has 0 spiro atoms. The number of carbonyl (C=O) groups is 1. The van der Waals surface area contributed by atoms with Crippen molar-refractivity contribution < 1.29 is 9.53 Å². The number of carbonyl (C=O) groups excluding carboxylic acids is 1. The van der Waals surface area contributed by atoms with Crippen LogP contribution in [0.1, 0.15) is 53.9 Å². The summed E-state index contributed by atoms with van der Waals surface area (Å²) >= 11 is 0. The minimum Gasteiger partial charge on any atom is -0.444 e. The van der Waals surface area contributed by atoms with Gasteiger partial charge in [-0.1, -0.05) is 32.4 Å². The number of hydrogen-bond donors (Lipinski definition) is 2. The molecule has 0 radical (unpaired) electrons. The Bertz CT molecular complexity index is 347. The monoisotopic (exact) mass is 296 g/mol. The lowest BCUT2D eigenvalue weighted by molar-refractivity contribution is 0.0534. The molecule has 21 heavy (non-hydrogen) atoms. The molecule has 3 unspecified atom stereocenters. The van der Waals surface area contributed by atoms with Crippen LogP contribution in [-0.4, -0.2) is 30.8 Å². The van der Waals surface area contributed by atoms with Crippen LogP contribution in [0.25, 0.3) is 0 Å². The van der Waals surface area contributed by atoms with Crippen LogP contribution in [0.15, 0.2) is 12.2 Å². The van der Waals surface area contributed by atoms with E-state index in [9.17, 15) is 4.79 Å². The summed E-state index contributed by atoms with van der Waals surface area (Å²) in [5.74, 6) is 1.59. The minimum atomic E-state index is -0.441. The van der Waals surface area contributed by atoms with Crippen molar-refractivity contribution in [2.45, 2.75) is 65.5 Å². The maximum Gasteiger partial charge on any atom is 0.407 e. The number of ether oxygens (including phenoxy) is 1. The third kappa shape index (κ3) is 8.10. The van der Waals surface area contributed by atoms with E-state index in [0.717, 1.165) is 18.4 Å². The van der Waals surface area contributed by atoms with Gasteiger partial charge < -0.3 is 15.4 Å². The molecule has 3 atom stereocenters. The van der Waals surface area contributed by atoms with Crippen molar-refractivity contribution in [2.24, 2.45) is 11.8 Å². The van der Waals surface area contributed by atoms with Crippen LogP contribution < -0.4 is 10.6 Å². The van der Waals surface area contributed by atoms with Crippen LogP contribution in [0.2, 0.25) is 0 Å². The zero-order valence-electron chi connectivity index (χ0n) is 14.2. The molecular weight excluding hydrogens is 264 g/mol. The molecule has 0 aromatic rings. The first-order valence-electron chi connectivity index (χ1n) is 8.13. The Labute approximate surface area is 129 Å². The molecule has 122 valence electrons. The zero-order chi connectivity index (χ0) is 15.9. The Kier molecular flexibility index (Phi) is 7.23. The van der Waals surface area contributed by atoms with Gasteiger partial charge in [0, 0.05) is 19.1 Å². The lowest BCUT2D eigenvalue weighted by Crippen LogP contribution is -2.39. The highest BCUT2D eigenvalue weighted by atomic mass is 16.6. The van der Waals surface area contributed by atoms with Crippen LogP contribution in [0.3, 0.4) is 0 Å². The second-order valence-electron chi connectivity index (χ2n) is 7.26. The number of nitrogens with one attached hydrogen (secondary N) is 2. The van der Waals surface area contributed by atoms with E-state index in [1.165, 1.54) is 19.3 Å². The number of hydrogen-bond acceptors (Lipinski definition) is 3. The largest absolute Gasteiger partial charge is 0.444 e. The van der Waals surface area contributed by atoms with E-state index in [1.807, 2.05) is 26.8 Å². The van der Waals surface area contributed by atoms with E-state index in [2.05, 4.69) is 30.6 Å². The highest BCUT2D eigenvalue weighted by Gasteiger charge is 2.24. The van der Waals surface area contributed by atoms with Gasteiger partial charge in [-0.2, -0.15) is 0 Å². The summed E-state index contributed by atoms with van der Waals surface area (Å²) in [5, 5.41) is 6.32. The van der Waals surface area contributed by atoms with E-state index in [4.69, 9.17) is 4.74 Å². The highest BCUT2D eigenvalue weighted by Crippen LogP contribution is 2.28. The number of rotatable bonds is 5. The van der Waals surface area contributed by atoms with E-state index in [1.54, 1.807) is 0 Å². The summed E-state index contributed by atoms with van der Waals surface area (Å²) in [5.41, 5.74) is -0.441. The summed E-state index contributed by atoms with van der Waals surface area (Å²) in [6, 6.07) is 0.622. The van der Waals surface area contributed by atoms with Crippen LogP contribution in [0.5, 0.6) is 0 Å². The molecule has 0 aromatic heterocycles. The minimum absolute atomic E-state index is 0.366. The first-order chi connectivity index (χ1) is 9.78. The molecular formula is C17H32N2O2. The van der Waals surface area contributed by atoms with Gasteiger partial charge in [-0.25, -0.2) is 4.79 Å². The number of amides is 1. The first kappa shape index (κ1) is 18.0. The fraction of sp³-hybridized carbons (Fsp3) is 0.824. The van der Waals surface area contributed by atoms with Crippen LogP contribution in [0, 0.1) is 11.8 Å². The van der Waals surface area contributed by atoms with E-state index in [0.29, 0.717) is 12.6 Å². The van der Waals surface area contributed by atoms with Crippen LogP contribution >= 0.6 is 0 Å². The molecule has 0 saturated heterocycles. The molecule has 1 fully saturated rings. The van der Waals surface area contributed by atoms with Crippen molar-refractivity contribution in [2.75, 3.05) is 13.1 Å². The van der Waals surface area contributed by atoms with Crippen molar-refractivity contribution in [1.29, 1.82) is 0 Å². The van der Waals surface area contributed by atoms with Crippen molar-refractivity contribution in [1.82, 2.24) is 10.6 Å². The molecule has 4 nitrogen and oxygen atoms in total. The van der Waals surface area contributed by atoms with Gasteiger partial charge in [0.15, 0.2) is 0 Å². The van der Waals surface area contributed by atoms with Crippen LogP contribution in [0.4, 0.5) is 4.79 Å². The molecule has 4 heteroatoms. The van der Waals surface area contributed by atoms with Gasteiger partial charge >= 0.3 is 6.09 Å². The zero-order valence-corrected chi connectivity index (χ0v) is 14.2. The maximum absolute atomic E-state index is 11.4. The van der Waals surface area contributed by atoms with Crippen molar-refractivity contribution in [3.05, 3.63) is 12.2 Å². The molecule has 0 aromatic carbocycles. The Morgan fingerprint density at radius 1 is 1.19 bits per heavy atom. The van der Waals surface area contributed by atoms with Crippen molar-refractivity contribution in [3.8, 4) is 0 Å². The molecule has 1 saturated carbocycles. The van der Waals surface area contributed by atoms with E-state index >= 15 is 0 Å². The summed E-state index contributed by atoms with van der Waals surface area (Å²) in [7, 11) is 0. The number of alkyl carbamates (subject to hydrolysis) is 1. The average molecular weight is 296 g/mol. The predicted octanol–water partition coefficient (Wildman–Crippen LogP) is 3.48. The van der Waals surface area contributed by atoms with Gasteiger partial charge in [0.25, 0.3) is 0 Å². The SMILES string of the molecule is CC1CCC(C)C(NC/C=C/CNC(=O)OC(C)(C)C)C1. The second kappa shape index (κ2) is 8.42. The van der Waals surface area contributed by atoms with Gasteiger partial charge in [0.2, 0.25) is 0 Å². The standard InChI is InChI=1S/C17H32N2O2/c1-13-8-9-14(2)15(12-13)18-10-6-7-11-19-16(20)21-17(3,4)5/h6-7,13-15,18H,8-12H2,1-5H3,(H,19,20)/b7-6+. The predicted molar refractivity (Wildman–Crippen MR) is 87.3 cm³/mol. The lowest BCUT2D eigenvalue weighted by atomic mass is 9.80. The van der Waals surface area contributed by atoms with Crippen molar-refractivity contribution >= 4 is 6.09 Å². The molecule has 2 N–H and O–H groups in total. The Morgan fingerprint density at radius 3 is 2.52 bits per heavy atom. The Balaban J connectivity index is 2.13.